The summed E-state index contributed by atoms with van der Waals surface area (Å²) in [5, 5.41) is 0. The first kappa shape index (κ1) is 15.1. The Hall–Kier alpha value is -0.960. The van der Waals surface area contributed by atoms with Crippen molar-refractivity contribution in [3.63, 3.8) is 0 Å². The van der Waals surface area contributed by atoms with Crippen LogP contribution in [0.2, 0.25) is 0 Å². The van der Waals surface area contributed by atoms with E-state index < -0.39 is 13.1 Å². The van der Waals surface area contributed by atoms with E-state index in [-0.39, 0.29) is 13.2 Å². The lowest BCUT2D eigenvalue weighted by molar-refractivity contribution is 0.0994. The molecule has 0 aliphatic carbocycles. The van der Waals surface area contributed by atoms with Crippen molar-refractivity contribution in [3.05, 3.63) is 35.9 Å². The minimum absolute atomic E-state index is 0.250. The zero-order chi connectivity index (χ0) is 13.4. The van der Waals surface area contributed by atoms with Crippen LogP contribution in [0.4, 0.5) is 0 Å². The number of rotatable bonds is 8. The van der Waals surface area contributed by atoms with E-state index >= 15 is 0 Å². The fourth-order valence-electron chi connectivity index (χ4n) is 1.32. The Morgan fingerprint density at radius 2 is 1.56 bits per heavy atom. The third-order valence-electron chi connectivity index (χ3n) is 2.20. The standard InChI is InChI=1S/C13H19O4P/c1-3-10-16-18(15,17-11-4-2)13(14)12-8-6-5-7-9-12/h5-9H,3-4,10-11H2,1-2H3. The summed E-state index contributed by atoms with van der Waals surface area (Å²) < 4.78 is 22.8. The molecular weight excluding hydrogens is 251 g/mol. The highest BCUT2D eigenvalue weighted by Crippen LogP contribution is 2.51. The number of hydrogen-bond acceptors (Lipinski definition) is 4. The predicted molar refractivity (Wildman–Crippen MR) is 70.9 cm³/mol. The van der Waals surface area contributed by atoms with E-state index in [9.17, 15) is 9.36 Å². The smallest absolute Gasteiger partial charge is 0.303 e. The van der Waals surface area contributed by atoms with Gasteiger partial charge in [-0.2, -0.15) is 0 Å². The molecular formula is C13H19O4P. The van der Waals surface area contributed by atoms with Crippen LogP contribution < -0.4 is 0 Å². The van der Waals surface area contributed by atoms with Gasteiger partial charge < -0.3 is 9.05 Å². The number of carbonyl (C=O) groups excluding carboxylic acids is 1. The molecule has 4 nitrogen and oxygen atoms in total. The van der Waals surface area contributed by atoms with Gasteiger partial charge in [0.2, 0.25) is 0 Å². The molecule has 0 radical (unpaired) electrons. The fourth-order valence-corrected chi connectivity index (χ4v) is 2.94. The monoisotopic (exact) mass is 270 g/mol. The van der Waals surface area contributed by atoms with Gasteiger partial charge in [-0.05, 0) is 12.8 Å². The molecule has 0 aromatic heterocycles. The molecule has 0 saturated carbocycles. The van der Waals surface area contributed by atoms with Gasteiger partial charge in [0.1, 0.15) is 0 Å². The van der Waals surface area contributed by atoms with Crippen molar-refractivity contribution in [1.29, 1.82) is 0 Å². The SMILES string of the molecule is CCCOP(=O)(OCCC)C(=O)c1ccccc1. The average Bonchev–Trinajstić information content (AvgIpc) is 2.43. The van der Waals surface area contributed by atoms with E-state index in [1.165, 1.54) is 0 Å². The van der Waals surface area contributed by atoms with Crippen LogP contribution in [0.3, 0.4) is 0 Å². The van der Waals surface area contributed by atoms with E-state index in [2.05, 4.69) is 0 Å². The van der Waals surface area contributed by atoms with Gasteiger partial charge in [0, 0.05) is 5.56 Å². The third-order valence-corrected chi connectivity index (χ3v) is 4.00. The van der Waals surface area contributed by atoms with Gasteiger partial charge in [-0.25, -0.2) is 0 Å². The van der Waals surface area contributed by atoms with Gasteiger partial charge in [-0.15, -0.1) is 0 Å². The van der Waals surface area contributed by atoms with Crippen molar-refractivity contribution in [1.82, 2.24) is 0 Å². The molecule has 5 heteroatoms. The van der Waals surface area contributed by atoms with Gasteiger partial charge in [0.25, 0.3) is 5.52 Å². The van der Waals surface area contributed by atoms with Crippen molar-refractivity contribution < 1.29 is 18.4 Å². The first-order chi connectivity index (χ1) is 8.64. The van der Waals surface area contributed by atoms with Crippen molar-refractivity contribution in [2.24, 2.45) is 0 Å². The molecule has 0 bridgehead atoms. The van der Waals surface area contributed by atoms with Gasteiger partial charge >= 0.3 is 7.60 Å². The van der Waals surface area contributed by atoms with Gasteiger partial charge in [0.15, 0.2) is 0 Å². The predicted octanol–water partition coefficient (Wildman–Crippen LogP) is 3.87. The van der Waals surface area contributed by atoms with Crippen molar-refractivity contribution in [3.8, 4) is 0 Å². The zero-order valence-corrected chi connectivity index (χ0v) is 11.7. The molecule has 1 aromatic carbocycles. The highest BCUT2D eigenvalue weighted by molar-refractivity contribution is 7.72. The number of carbonyl (C=O) groups is 1. The Morgan fingerprint density at radius 3 is 2.00 bits per heavy atom. The second-order valence-corrected chi connectivity index (χ2v) is 5.75. The molecule has 0 unspecified atom stereocenters. The highest BCUT2D eigenvalue weighted by atomic mass is 31.2. The van der Waals surface area contributed by atoms with Crippen LogP contribution in [0.1, 0.15) is 37.0 Å². The Bertz CT molecular complexity index is 404. The largest absolute Gasteiger partial charge is 0.401 e. The first-order valence-electron chi connectivity index (χ1n) is 6.13. The summed E-state index contributed by atoms with van der Waals surface area (Å²) in [6, 6.07) is 8.45. The minimum Gasteiger partial charge on any atom is -0.303 e. The summed E-state index contributed by atoms with van der Waals surface area (Å²) in [5.41, 5.74) is -0.210. The molecule has 100 valence electrons. The molecule has 0 amide bonds. The first-order valence-corrected chi connectivity index (χ1v) is 7.67. The lowest BCUT2D eigenvalue weighted by atomic mass is 10.2. The van der Waals surface area contributed by atoms with Crippen LogP contribution in [0, 0.1) is 0 Å². The second kappa shape index (κ2) is 7.47. The zero-order valence-electron chi connectivity index (χ0n) is 10.8. The summed E-state index contributed by atoms with van der Waals surface area (Å²) in [6.07, 6.45) is 1.36. The molecule has 0 N–H and O–H groups in total. The summed E-state index contributed by atoms with van der Waals surface area (Å²) >= 11 is 0. The molecule has 0 atom stereocenters. The maximum absolute atomic E-state index is 12.4. The molecule has 0 spiro atoms. The molecule has 1 aromatic rings. The molecule has 18 heavy (non-hydrogen) atoms. The van der Waals surface area contributed by atoms with Crippen LogP contribution in [0.15, 0.2) is 30.3 Å². The van der Waals surface area contributed by atoms with Crippen LogP contribution in [0.25, 0.3) is 0 Å². The molecule has 0 aliphatic heterocycles. The average molecular weight is 270 g/mol. The van der Waals surface area contributed by atoms with Crippen LogP contribution >= 0.6 is 7.60 Å². The van der Waals surface area contributed by atoms with E-state index in [4.69, 9.17) is 9.05 Å². The fraction of sp³-hybridized carbons (Fsp3) is 0.462. The van der Waals surface area contributed by atoms with E-state index in [0.717, 1.165) is 0 Å². The van der Waals surface area contributed by atoms with E-state index in [0.29, 0.717) is 18.4 Å². The Balaban J connectivity index is 2.88. The van der Waals surface area contributed by atoms with E-state index in [1.807, 2.05) is 13.8 Å². The van der Waals surface area contributed by atoms with Crippen molar-refractivity contribution in [2.45, 2.75) is 26.7 Å². The maximum Gasteiger partial charge on any atom is 0.401 e. The second-order valence-electron chi connectivity index (χ2n) is 3.84. The quantitative estimate of drug-likeness (QED) is 0.673. The molecule has 0 aliphatic rings. The topological polar surface area (TPSA) is 52.6 Å². The van der Waals surface area contributed by atoms with Crippen molar-refractivity contribution >= 4 is 13.1 Å². The summed E-state index contributed by atoms with van der Waals surface area (Å²) in [7, 11) is -3.70. The van der Waals surface area contributed by atoms with Crippen molar-refractivity contribution in [2.75, 3.05) is 13.2 Å². The van der Waals surface area contributed by atoms with Gasteiger partial charge in [-0.1, -0.05) is 44.2 Å². The van der Waals surface area contributed by atoms with Crippen LogP contribution in [-0.2, 0) is 13.6 Å². The molecule has 0 fully saturated rings. The lowest BCUT2D eigenvalue weighted by Crippen LogP contribution is -2.08. The molecule has 1 rings (SSSR count). The minimum atomic E-state index is -3.70. The molecule has 0 saturated heterocycles. The summed E-state index contributed by atoms with van der Waals surface area (Å²) in [5.74, 6) is 0. The van der Waals surface area contributed by atoms with E-state index in [1.54, 1.807) is 30.3 Å². The van der Waals surface area contributed by atoms with Gasteiger partial charge in [-0.3, -0.25) is 9.36 Å². The molecule has 0 heterocycles. The maximum atomic E-state index is 12.4. The Morgan fingerprint density at radius 1 is 1.06 bits per heavy atom. The Labute approximate surface area is 108 Å². The van der Waals surface area contributed by atoms with Crippen LogP contribution in [0.5, 0.6) is 0 Å². The highest BCUT2D eigenvalue weighted by Gasteiger charge is 2.35. The Kier molecular flexibility index (Phi) is 6.27. The van der Waals surface area contributed by atoms with Gasteiger partial charge in [0.05, 0.1) is 13.2 Å². The lowest BCUT2D eigenvalue weighted by Gasteiger charge is -2.16. The van der Waals surface area contributed by atoms with Crippen LogP contribution in [-0.4, -0.2) is 18.7 Å². The number of benzene rings is 1. The summed E-state index contributed by atoms with van der Waals surface area (Å²) in [6.45, 7) is 4.27. The third kappa shape index (κ3) is 4.05. The normalized spacial score (nSPS) is 11.4. The number of hydrogen-bond donors (Lipinski definition) is 0. The summed E-state index contributed by atoms with van der Waals surface area (Å²) in [4.78, 5) is 12.2.